The molecule has 4 rings (SSSR count). The van der Waals surface area contributed by atoms with Crippen molar-refractivity contribution >= 4 is 11.3 Å². The molecule has 1 N–H and O–H groups in total. The van der Waals surface area contributed by atoms with Gasteiger partial charge in [-0.15, -0.1) is 11.3 Å². The molecule has 0 spiro atoms. The molecule has 3 nitrogen and oxygen atoms in total. The van der Waals surface area contributed by atoms with Gasteiger partial charge in [-0.2, -0.15) is 5.10 Å². The molecule has 1 aromatic carbocycles. The number of thiophene rings is 1. The predicted molar refractivity (Wildman–Crippen MR) is 71.7 cm³/mol. The Morgan fingerprint density at radius 1 is 1.17 bits per heavy atom. The van der Waals surface area contributed by atoms with Gasteiger partial charge < -0.3 is 0 Å². The van der Waals surface area contributed by atoms with E-state index in [1.165, 1.54) is 11.1 Å². The maximum atomic E-state index is 4.62. The fourth-order valence-electron chi connectivity index (χ4n) is 2.45. The summed E-state index contributed by atoms with van der Waals surface area (Å²) >= 11 is 1.67. The molecule has 2 heterocycles. The quantitative estimate of drug-likeness (QED) is 0.762. The molecule has 0 radical (unpaired) electrons. The Labute approximate surface area is 109 Å². The molecule has 1 unspecified atom stereocenters. The van der Waals surface area contributed by atoms with E-state index in [9.17, 15) is 0 Å². The maximum Gasteiger partial charge on any atom is 0.191 e. The van der Waals surface area contributed by atoms with Gasteiger partial charge in [0.15, 0.2) is 5.82 Å². The average Bonchev–Trinajstić information content (AvgIpc) is 3.00. The number of rotatable bonds is 2. The van der Waals surface area contributed by atoms with Crippen molar-refractivity contribution in [1.82, 2.24) is 15.2 Å². The molecule has 3 aromatic rings. The number of H-pyrrole nitrogens is 1. The number of hydrogen-bond acceptors (Lipinski definition) is 3. The maximum absolute atomic E-state index is 4.62. The van der Waals surface area contributed by atoms with Gasteiger partial charge in [0.1, 0.15) is 5.82 Å². The van der Waals surface area contributed by atoms with E-state index in [0.717, 1.165) is 22.9 Å². The Kier molecular flexibility index (Phi) is 2.11. The van der Waals surface area contributed by atoms with Crippen LogP contribution in [0.5, 0.6) is 0 Å². The fourth-order valence-corrected chi connectivity index (χ4v) is 3.11. The van der Waals surface area contributed by atoms with E-state index in [-0.39, 0.29) is 0 Å². The third kappa shape index (κ3) is 1.42. The monoisotopic (exact) mass is 253 g/mol. The zero-order valence-electron chi connectivity index (χ0n) is 9.63. The van der Waals surface area contributed by atoms with Crippen LogP contribution in [0.25, 0.3) is 10.7 Å². The minimum Gasteiger partial charge on any atom is -0.262 e. The zero-order chi connectivity index (χ0) is 11.9. The van der Waals surface area contributed by atoms with Crippen LogP contribution in [0.15, 0.2) is 41.8 Å². The van der Waals surface area contributed by atoms with E-state index < -0.39 is 0 Å². The smallest absolute Gasteiger partial charge is 0.191 e. The Hall–Kier alpha value is -1.94. The second-order valence-corrected chi connectivity index (χ2v) is 5.42. The number of benzene rings is 1. The van der Waals surface area contributed by atoms with Gasteiger partial charge in [0.25, 0.3) is 0 Å². The molecule has 2 aromatic heterocycles. The molecule has 0 bridgehead atoms. The van der Waals surface area contributed by atoms with Gasteiger partial charge in [0.05, 0.1) is 4.88 Å². The van der Waals surface area contributed by atoms with Crippen LogP contribution in [-0.2, 0) is 6.42 Å². The van der Waals surface area contributed by atoms with E-state index in [0.29, 0.717) is 5.92 Å². The Morgan fingerprint density at radius 2 is 2.11 bits per heavy atom. The second kappa shape index (κ2) is 3.78. The van der Waals surface area contributed by atoms with E-state index in [1.54, 1.807) is 11.3 Å². The van der Waals surface area contributed by atoms with Crippen LogP contribution in [-0.4, -0.2) is 15.2 Å². The third-order valence-corrected chi connectivity index (χ3v) is 4.29. The molecule has 0 saturated heterocycles. The summed E-state index contributed by atoms with van der Waals surface area (Å²) in [6.07, 6.45) is 1.06. The van der Waals surface area contributed by atoms with Crippen LogP contribution in [0.4, 0.5) is 0 Å². The number of nitrogens with one attached hydrogen (secondary N) is 1. The highest BCUT2D eigenvalue weighted by atomic mass is 32.1. The van der Waals surface area contributed by atoms with Gasteiger partial charge in [-0.3, -0.25) is 5.10 Å². The lowest BCUT2D eigenvalue weighted by Gasteiger charge is -2.27. The van der Waals surface area contributed by atoms with Crippen LogP contribution in [0, 0.1) is 0 Å². The summed E-state index contributed by atoms with van der Waals surface area (Å²) in [6, 6.07) is 12.6. The standard InChI is InChI=1S/C14H11N3S/c1-2-5-10-9(4-1)8-11(10)13-15-14(17-16-13)12-6-3-7-18-12/h1-7,11H,8H2,(H,15,16,17). The molecule has 1 aliphatic carbocycles. The van der Waals surface area contributed by atoms with Crippen molar-refractivity contribution in [3.05, 3.63) is 58.7 Å². The summed E-state index contributed by atoms with van der Waals surface area (Å²) < 4.78 is 0. The summed E-state index contributed by atoms with van der Waals surface area (Å²) in [4.78, 5) is 5.73. The van der Waals surface area contributed by atoms with Crippen molar-refractivity contribution in [3.8, 4) is 10.7 Å². The minimum absolute atomic E-state index is 0.391. The van der Waals surface area contributed by atoms with Crippen molar-refractivity contribution < 1.29 is 0 Å². The molecule has 18 heavy (non-hydrogen) atoms. The van der Waals surface area contributed by atoms with Crippen LogP contribution < -0.4 is 0 Å². The highest BCUT2D eigenvalue weighted by molar-refractivity contribution is 7.13. The first-order valence-electron chi connectivity index (χ1n) is 5.96. The van der Waals surface area contributed by atoms with Crippen molar-refractivity contribution in [2.45, 2.75) is 12.3 Å². The second-order valence-electron chi connectivity index (χ2n) is 4.48. The average molecular weight is 253 g/mol. The molecular formula is C14H11N3S. The van der Waals surface area contributed by atoms with Gasteiger partial charge in [-0.1, -0.05) is 30.3 Å². The first kappa shape index (κ1) is 10.0. The van der Waals surface area contributed by atoms with E-state index >= 15 is 0 Å². The predicted octanol–water partition coefficient (Wildman–Crippen LogP) is 3.22. The topological polar surface area (TPSA) is 41.6 Å². The molecule has 4 heteroatoms. The van der Waals surface area contributed by atoms with Crippen molar-refractivity contribution in [2.75, 3.05) is 0 Å². The molecule has 88 valence electrons. The Balaban J connectivity index is 1.68. The summed E-state index contributed by atoms with van der Waals surface area (Å²) in [5.74, 6) is 2.18. The lowest BCUT2D eigenvalue weighted by molar-refractivity contribution is 0.663. The van der Waals surface area contributed by atoms with Crippen LogP contribution >= 0.6 is 11.3 Å². The summed E-state index contributed by atoms with van der Waals surface area (Å²) in [7, 11) is 0. The summed E-state index contributed by atoms with van der Waals surface area (Å²) in [6.45, 7) is 0. The van der Waals surface area contributed by atoms with Crippen LogP contribution in [0.3, 0.4) is 0 Å². The lowest BCUT2D eigenvalue weighted by atomic mass is 9.77. The SMILES string of the molecule is c1csc(-c2n[nH]c(C3Cc4ccccc43)n2)c1. The molecule has 0 aliphatic heterocycles. The van der Waals surface area contributed by atoms with Crippen LogP contribution in [0.1, 0.15) is 22.9 Å². The van der Waals surface area contributed by atoms with E-state index in [4.69, 9.17) is 0 Å². The van der Waals surface area contributed by atoms with E-state index in [2.05, 4.69) is 39.4 Å². The zero-order valence-corrected chi connectivity index (χ0v) is 10.4. The van der Waals surface area contributed by atoms with Gasteiger partial charge in [0.2, 0.25) is 0 Å². The van der Waals surface area contributed by atoms with Gasteiger partial charge in [-0.05, 0) is 29.0 Å². The third-order valence-electron chi connectivity index (χ3n) is 3.43. The van der Waals surface area contributed by atoms with Crippen molar-refractivity contribution in [3.63, 3.8) is 0 Å². The van der Waals surface area contributed by atoms with Gasteiger partial charge >= 0.3 is 0 Å². The minimum atomic E-state index is 0.391. The van der Waals surface area contributed by atoms with Gasteiger partial charge in [0, 0.05) is 5.92 Å². The van der Waals surface area contributed by atoms with Crippen molar-refractivity contribution in [2.24, 2.45) is 0 Å². The van der Waals surface area contributed by atoms with Gasteiger partial charge in [-0.25, -0.2) is 4.98 Å². The number of fused-ring (bicyclic) bond motifs is 1. The normalized spacial score (nSPS) is 17.2. The largest absolute Gasteiger partial charge is 0.262 e. The summed E-state index contributed by atoms with van der Waals surface area (Å²) in [5.41, 5.74) is 2.81. The molecular weight excluding hydrogens is 242 g/mol. The molecule has 1 aliphatic rings. The highest BCUT2D eigenvalue weighted by Gasteiger charge is 2.29. The first-order chi connectivity index (χ1) is 8.92. The first-order valence-corrected chi connectivity index (χ1v) is 6.84. The van der Waals surface area contributed by atoms with Crippen LogP contribution in [0.2, 0.25) is 0 Å². The molecule has 0 amide bonds. The van der Waals surface area contributed by atoms with E-state index in [1.807, 2.05) is 17.5 Å². The fraction of sp³-hybridized carbons (Fsp3) is 0.143. The molecule has 0 fully saturated rings. The Bertz CT molecular complexity index is 685. The Morgan fingerprint density at radius 3 is 2.94 bits per heavy atom. The number of hydrogen-bond donors (Lipinski definition) is 1. The van der Waals surface area contributed by atoms with Crippen molar-refractivity contribution in [1.29, 1.82) is 0 Å². The number of nitrogens with zero attached hydrogens (tertiary/aromatic N) is 2. The lowest BCUT2D eigenvalue weighted by Crippen LogP contribution is -2.19. The molecule has 1 atom stereocenters. The number of aromatic nitrogens is 3. The molecule has 0 saturated carbocycles. The highest BCUT2D eigenvalue weighted by Crippen LogP contribution is 2.38. The number of aromatic amines is 1. The summed E-state index contributed by atoms with van der Waals surface area (Å²) in [5, 5.41) is 9.44.